The summed E-state index contributed by atoms with van der Waals surface area (Å²) in [6.07, 6.45) is 18.8. The van der Waals surface area contributed by atoms with Gasteiger partial charge in [-0.1, -0.05) is 44.9 Å². The lowest BCUT2D eigenvalue weighted by molar-refractivity contribution is 0.0797. The summed E-state index contributed by atoms with van der Waals surface area (Å²) in [4.78, 5) is 0. The van der Waals surface area contributed by atoms with Gasteiger partial charge in [-0.25, -0.2) is 0 Å². The van der Waals surface area contributed by atoms with Gasteiger partial charge in [-0.2, -0.15) is 0 Å². The van der Waals surface area contributed by atoms with Crippen molar-refractivity contribution < 1.29 is 0 Å². The van der Waals surface area contributed by atoms with Crippen molar-refractivity contribution in [2.75, 3.05) is 0 Å². The summed E-state index contributed by atoms with van der Waals surface area (Å²) in [6.45, 7) is 0. The molecule has 0 atom stereocenters. The van der Waals surface area contributed by atoms with E-state index in [9.17, 15) is 0 Å². The lowest BCUT2D eigenvalue weighted by Gasteiger charge is -2.43. The minimum absolute atomic E-state index is 0.843. The SMILES string of the molecule is C1CCC(CC2CC2)(C2CCCC2)CC1. The maximum atomic E-state index is 1.62. The van der Waals surface area contributed by atoms with E-state index < -0.39 is 0 Å². The zero-order valence-electron chi connectivity index (χ0n) is 10.1. The third-order valence-electron chi connectivity index (χ3n) is 5.46. The molecule has 0 aromatic carbocycles. The average molecular weight is 206 g/mol. The second kappa shape index (κ2) is 4.11. The Morgan fingerprint density at radius 2 is 1.40 bits per heavy atom. The molecule has 0 aromatic heterocycles. The number of rotatable bonds is 3. The Hall–Kier alpha value is 0. The molecule has 0 amide bonds. The van der Waals surface area contributed by atoms with Crippen molar-refractivity contribution in [3.8, 4) is 0 Å². The fourth-order valence-electron chi connectivity index (χ4n) is 4.47. The molecular weight excluding hydrogens is 180 g/mol. The van der Waals surface area contributed by atoms with Crippen molar-refractivity contribution in [1.29, 1.82) is 0 Å². The van der Waals surface area contributed by atoms with Gasteiger partial charge in [-0.05, 0) is 49.4 Å². The van der Waals surface area contributed by atoms with Crippen molar-refractivity contribution in [3.63, 3.8) is 0 Å². The molecule has 0 aliphatic heterocycles. The van der Waals surface area contributed by atoms with Gasteiger partial charge in [0.2, 0.25) is 0 Å². The molecule has 0 saturated heterocycles. The molecule has 15 heavy (non-hydrogen) atoms. The minimum atomic E-state index is 0.843. The molecule has 3 rings (SSSR count). The highest BCUT2D eigenvalue weighted by Crippen LogP contribution is 2.55. The van der Waals surface area contributed by atoms with Crippen molar-refractivity contribution in [2.45, 2.75) is 77.0 Å². The van der Waals surface area contributed by atoms with Crippen molar-refractivity contribution in [2.24, 2.45) is 17.3 Å². The first kappa shape index (κ1) is 10.2. The average Bonchev–Trinajstić information content (AvgIpc) is 2.91. The van der Waals surface area contributed by atoms with E-state index in [1.807, 2.05) is 0 Å². The fraction of sp³-hybridized carbons (Fsp3) is 1.00. The number of hydrogen-bond acceptors (Lipinski definition) is 0. The highest BCUT2D eigenvalue weighted by molar-refractivity contribution is 4.94. The van der Waals surface area contributed by atoms with Crippen LogP contribution in [0.4, 0.5) is 0 Å². The molecule has 0 unspecified atom stereocenters. The van der Waals surface area contributed by atoms with E-state index in [2.05, 4.69) is 0 Å². The standard InChI is InChI=1S/C15H26/c1-4-10-15(11-5-1,12-13-8-9-13)14-6-2-3-7-14/h13-14H,1-12H2. The lowest BCUT2D eigenvalue weighted by atomic mass is 9.62. The Bertz CT molecular complexity index is 202. The van der Waals surface area contributed by atoms with Crippen LogP contribution >= 0.6 is 0 Å². The molecule has 3 aliphatic carbocycles. The summed E-state index contributed by atoms with van der Waals surface area (Å²) in [5, 5.41) is 0. The van der Waals surface area contributed by atoms with E-state index in [0.29, 0.717) is 0 Å². The molecule has 0 radical (unpaired) electrons. The Balaban J connectivity index is 1.71. The molecule has 3 saturated carbocycles. The summed E-state index contributed by atoms with van der Waals surface area (Å²) in [7, 11) is 0. The van der Waals surface area contributed by atoms with Gasteiger partial charge in [0, 0.05) is 0 Å². The van der Waals surface area contributed by atoms with E-state index in [1.54, 1.807) is 57.8 Å². The van der Waals surface area contributed by atoms with Gasteiger partial charge in [-0.3, -0.25) is 0 Å². The van der Waals surface area contributed by atoms with Crippen LogP contribution in [0.3, 0.4) is 0 Å². The molecule has 86 valence electrons. The first-order chi connectivity index (χ1) is 7.39. The van der Waals surface area contributed by atoms with Crippen LogP contribution in [0, 0.1) is 17.3 Å². The molecule has 0 bridgehead atoms. The van der Waals surface area contributed by atoms with Crippen molar-refractivity contribution >= 4 is 0 Å². The van der Waals surface area contributed by atoms with Gasteiger partial charge in [-0.15, -0.1) is 0 Å². The first-order valence-electron chi connectivity index (χ1n) is 7.39. The van der Waals surface area contributed by atoms with E-state index in [4.69, 9.17) is 0 Å². The second-order valence-electron chi connectivity index (χ2n) is 6.55. The van der Waals surface area contributed by atoms with E-state index in [1.165, 1.54) is 19.3 Å². The van der Waals surface area contributed by atoms with Crippen LogP contribution in [0.15, 0.2) is 0 Å². The molecule has 0 heterocycles. The monoisotopic (exact) mass is 206 g/mol. The van der Waals surface area contributed by atoms with Crippen LogP contribution in [-0.4, -0.2) is 0 Å². The maximum absolute atomic E-state index is 1.62. The van der Waals surface area contributed by atoms with Crippen LogP contribution < -0.4 is 0 Å². The zero-order valence-corrected chi connectivity index (χ0v) is 10.1. The molecule has 0 aromatic rings. The Morgan fingerprint density at radius 3 is 2.00 bits per heavy atom. The Kier molecular flexibility index (Phi) is 2.79. The summed E-state index contributed by atoms with van der Waals surface area (Å²) in [5.74, 6) is 2.29. The smallest absolute Gasteiger partial charge is 0.0267 e. The lowest BCUT2D eigenvalue weighted by Crippen LogP contribution is -2.32. The predicted octanol–water partition coefficient (Wildman–Crippen LogP) is 4.93. The minimum Gasteiger partial charge on any atom is -0.0533 e. The van der Waals surface area contributed by atoms with Gasteiger partial charge < -0.3 is 0 Å². The van der Waals surface area contributed by atoms with E-state index in [-0.39, 0.29) is 0 Å². The fourth-order valence-corrected chi connectivity index (χ4v) is 4.47. The maximum Gasteiger partial charge on any atom is -0.0267 e. The summed E-state index contributed by atoms with van der Waals surface area (Å²) < 4.78 is 0. The van der Waals surface area contributed by atoms with Crippen LogP contribution in [-0.2, 0) is 0 Å². The van der Waals surface area contributed by atoms with Gasteiger partial charge in [0.15, 0.2) is 0 Å². The molecule has 0 nitrogen and oxygen atoms in total. The van der Waals surface area contributed by atoms with E-state index >= 15 is 0 Å². The van der Waals surface area contributed by atoms with Gasteiger partial charge >= 0.3 is 0 Å². The quantitative estimate of drug-likeness (QED) is 0.614. The third-order valence-corrected chi connectivity index (χ3v) is 5.46. The molecule has 0 spiro atoms. The molecule has 0 heteroatoms. The van der Waals surface area contributed by atoms with Crippen LogP contribution in [0.25, 0.3) is 0 Å². The molecule has 3 fully saturated rings. The van der Waals surface area contributed by atoms with E-state index in [0.717, 1.165) is 17.3 Å². The highest BCUT2D eigenvalue weighted by Gasteiger charge is 2.43. The molecular formula is C15H26. The normalized spacial score (nSPS) is 32.0. The van der Waals surface area contributed by atoms with Gasteiger partial charge in [0.1, 0.15) is 0 Å². The summed E-state index contributed by atoms with van der Waals surface area (Å²) in [5.41, 5.74) is 0.843. The topological polar surface area (TPSA) is 0 Å². The Labute approximate surface area is 94.8 Å². The largest absolute Gasteiger partial charge is 0.0533 e. The van der Waals surface area contributed by atoms with Crippen LogP contribution in [0.2, 0.25) is 0 Å². The first-order valence-corrected chi connectivity index (χ1v) is 7.39. The summed E-state index contributed by atoms with van der Waals surface area (Å²) in [6, 6.07) is 0. The summed E-state index contributed by atoms with van der Waals surface area (Å²) >= 11 is 0. The van der Waals surface area contributed by atoms with Gasteiger partial charge in [0.25, 0.3) is 0 Å². The van der Waals surface area contributed by atoms with Crippen molar-refractivity contribution in [1.82, 2.24) is 0 Å². The van der Waals surface area contributed by atoms with Crippen molar-refractivity contribution in [3.05, 3.63) is 0 Å². The van der Waals surface area contributed by atoms with Crippen LogP contribution in [0.1, 0.15) is 77.0 Å². The molecule has 0 N–H and O–H groups in total. The Morgan fingerprint density at radius 1 is 0.733 bits per heavy atom. The van der Waals surface area contributed by atoms with Gasteiger partial charge in [0.05, 0.1) is 0 Å². The predicted molar refractivity (Wildman–Crippen MR) is 64.8 cm³/mol. The third kappa shape index (κ3) is 2.10. The molecule has 3 aliphatic rings. The highest BCUT2D eigenvalue weighted by atomic mass is 14.5. The number of hydrogen-bond donors (Lipinski definition) is 0. The zero-order chi connectivity index (χ0) is 10.1. The van der Waals surface area contributed by atoms with Crippen LogP contribution in [0.5, 0.6) is 0 Å². The second-order valence-corrected chi connectivity index (χ2v) is 6.55.